The number of phenols is 2. The van der Waals surface area contributed by atoms with E-state index in [-0.39, 0.29) is 22.8 Å². The van der Waals surface area contributed by atoms with Gasteiger partial charge in [-0.2, -0.15) is 5.10 Å². The fourth-order valence-corrected chi connectivity index (χ4v) is 5.29. The first-order chi connectivity index (χ1) is 11.0. The van der Waals surface area contributed by atoms with Crippen molar-refractivity contribution >= 4 is 12.1 Å². The number of carbonyl (C=O) groups is 1. The lowest BCUT2D eigenvalue weighted by Gasteiger charge is -2.55. The number of benzene rings is 1. The van der Waals surface area contributed by atoms with E-state index in [1.54, 1.807) is 6.07 Å². The van der Waals surface area contributed by atoms with Crippen LogP contribution in [0.4, 0.5) is 0 Å². The van der Waals surface area contributed by atoms with Crippen LogP contribution in [0, 0.1) is 23.2 Å². The SMILES string of the molecule is O=C(N/N=C\c1ccc(O)c(O)c1)C12CC3CC(CC(C3)C1)C2. The number of amides is 1. The van der Waals surface area contributed by atoms with Crippen LogP contribution in [0.5, 0.6) is 11.5 Å². The zero-order chi connectivity index (χ0) is 16.0. The molecule has 1 aromatic carbocycles. The minimum Gasteiger partial charge on any atom is -0.504 e. The average Bonchev–Trinajstić information content (AvgIpc) is 2.49. The van der Waals surface area contributed by atoms with Crippen LogP contribution in [0.25, 0.3) is 0 Å². The average molecular weight is 314 g/mol. The van der Waals surface area contributed by atoms with Crippen LogP contribution in [-0.4, -0.2) is 22.3 Å². The topological polar surface area (TPSA) is 81.9 Å². The zero-order valence-electron chi connectivity index (χ0n) is 13.0. The van der Waals surface area contributed by atoms with Gasteiger partial charge in [-0.1, -0.05) is 0 Å². The second kappa shape index (κ2) is 5.25. The summed E-state index contributed by atoms with van der Waals surface area (Å²) in [6.45, 7) is 0. The number of rotatable bonds is 3. The molecule has 1 aromatic rings. The molecule has 0 saturated heterocycles. The molecule has 0 atom stereocenters. The van der Waals surface area contributed by atoms with Gasteiger partial charge in [-0.15, -0.1) is 0 Å². The molecule has 0 spiro atoms. The van der Waals surface area contributed by atoms with E-state index < -0.39 is 0 Å². The van der Waals surface area contributed by atoms with Crippen molar-refractivity contribution in [1.29, 1.82) is 0 Å². The number of hydrogen-bond acceptors (Lipinski definition) is 4. The molecule has 23 heavy (non-hydrogen) atoms. The molecule has 0 heterocycles. The molecule has 0 aliphatic heterocycles. The summed E-state index contributed by atoms with van der Waals surface area (Å²) in [6, 6.07) is 4.45. The van der Waals surface area contributed by atoms with Gasteiger partial charge in [-0.25, -0.2) is 5.43 Å². The molecule has 5 rings (SSSR count). The smallest absolute Gasteiger partial charge is 0.246 e. The summed E-state index contributed by atoms with van der Waals surface area (Å²) >= 11 is 0. The molecule has 4 saturated carbocycles. The van der Waals surface area contributed by atoms with E-state index in [2.05, 4.69) is 10.5 Å². The highest BCUT2D eigenvalue weighted by Crippen LogP contribution is 2.60. The number of nitrogens with one attached hydrogen (secondary N) is 1. The first-order valence-electron chi connectivity index (χ1n) is 8.39. The number of carbonyl (C=O) groups excluding carboxylic acids is 1. The van der Waals surface area contributed by atoms with E-state index >= 15 is 0 Å². The molecule has 0 aromatic heterocycles. The third-order valence-electron chi connectivity index (χ3n) is 5.90. The predicted octanol–water partition coefficient (Wildman–Crippen LogP) is 2.76. The predicted molar refractivity (Wildman–Crippen MR) is 86.1 cm³/mol. The van der Waals surface area contributed by atoms with Gasteiger partial charge in [-0.05, 0) is 80.0 Å². The van der Waals surface area contributed by atoms with Crippen molar-refractivity contribution in [2.75, 3.05) is 0 Å². The Kier molecular flexibility index (Phi) is 3.32. The Morgan fingerprint density at radius 3 is 2.26 bits per heavy atom. The van der Waals surface area contributed by atoms with E-state index in [1.165, 1.54) is 37.6 Å². The molecule has 0 unspecified atom stereocenters. The lowest BCUT2D eigenvalue weighted by Crippen LogP contribution is -2.52. The summed E-state index contributed by atoms with van der Waals surface area (Å²) in [5.41, 5.74) is 3.13. The maximum absolute atomic E-state index is 12.7. The maximum atomic E-state index is 12.7. The third kappa shape index (κ3) is 2.58. The summed E-state index contributed by atoms with van der Waals surface area (Å²) in [4.78, 5) is 12.7. The van der Waals surface area contributed by atoms with Crippen LogP contribution in [-0.2, 0) is 4.79 Å². The van der Waals surface area contributed by atoms with Crippen LogP contribution in [0.15, 0.2) is 23.3 Å². The van der Waals surface area contributed by atoms with Crippen molar-refractivity contribution in [3.63, 3.8) is 0 Å². The zero-order valence-corrected chi connectivity index (χ0v) is 13.0. The van der Waals surface area contributed by atoms with Crippen LogP contribution >= 0.6 is 0 Å². The summed E-state index contributed by atoms with van der Waals surface area (Å²) in [5, 5.41) is 22.8. The van der Waals surface area contributed by atoms with Crippen molar-refractivity contribution < 1.29 is 15.0 Å². The monoisotopic (exact) mass is 314 g/mol. The highest BCUT2D eigenvalue weighted by atomic mass is 16.3. The molecule has 122 valence electrons. The van der Waals surface area contributed by atoms with Gasteiger partial charge >= 0.3 is 0 Å². The lowest BCUT2D eigenvalue weighted by molar-refractivity contribution is -0.146. The molecule has 1 amide bonds. The third-order valence-corrected chi connectivity index (χ3v) is 5.90. The fourth-order valence-electron chi connectivity index (χ4n) is 5.29. The number of hydrogen-bond donors (Lipinski definition) is 3. The molecule has 3 N–H and O–H groups in total. The molecule has 4 bridgehead atoms. The number of hydrazone groups is 1. The molecule has 4 fully saturated rings. The van der Waals surface area contributed by atoms with Crippen LogP contribution < -0.4 is 5.43 Å². The van der Waals surface area contributed by atoms with Crippen molar-refractivity contribution in [3.8, 4) is 11.5 Å². The number of nitrogens with zero attached hydrogens (tertiary/aromatic N) is 1. The largest absolute Gasteiger partial charge is 0.504 e. The Morgan fingerprint density at radius 2 is 1.70 bits per heavy atom. The molecule has 5 heteroatoms. The van der Waals surface area contributed by atoms with Crippen molar-refractivity contribution in [2.24, 2.45) is 28.3 Å². The van der Waals surface area contributed by atoms with Crippen molar-refractivity contribution in [2.45, 2.75) is 38.5 Å². The number of aromatic hydroxyl groups is 2. The van der Waals surface area contributed by atoms with Gasteiger partial charge in [-0.3, -0.25) is 4.79 Å². The summed E-state index contributed by atoms with van der Waals surface area (Å²) < 4.78 is 0. The fraction of sp³-hybridized carbons (Fsp3) is 0.556. The Balaban J connectivity index is 1.44. The maximum Gasteiger partial charge on any atom is 0.246 e. The second-order valence-corrected chi connectivity index (χ2v) is 7.65. The molecular formula is C18H22N2O3. The van der Waals surface area contributed by atoms with E-state index in [0.717, 1.165) is 37.0 Å². The highest BCUT2D eigenvalue weighted by molar-refractivity contribution is 5.86. The Hall–Kier alpha value is -2.04. The van der Waals surface area contributed by atoms with E-state index in [9.17, 15) is 15.0 Å². The molecule has 5 nitrogen and oxygen atoms in total. The van der Waals surface area contributed by atoms with Gasteiger partial charge in [0.15, 0.2) is 11.5 Å². The van der Waals surface area contributed by atoms with Crippen molar-refractivity contribution in [3.05, 3.63) is 23.8 Å². The minimum atomic E-state index is -0.205. The lowest BCUT2D eigenvalue weighted by atomic mass is 9.49. The second-order valence-electron chi connectivity index (χ2n) is 7.65. The Morgan fingerprint density at radius 1 is 1.09 bits per heavy atom. The summed E-state index contributed by atoms with van der Waals surface area (Å²) in [5.74, 6) is 1.87. The highest BCUT2D eigenvalue weighted by Gasteiger charge is 2.54. The Labute approximate surface area is 135 Å². The minimum absolute atomic E-state index is 0.0517. The van der Waals surface area contributed by atoms with Gasteiger partial charge in [0, 0.05) is 0 Å². The molecule has 0 radical (unpaired) electrons. The van der Waals surface area contributed by atoms with Gasteiger partial charge in [0.2, 0.25) is 5.91 Å². The molecular weight excluding hydrogens is 292 g/mol. The van der Waals surface area contributed by atoms with E-state index in [0.29, 0.717) is 5.56 Å². The normalized spacial score (nSPS) is 34.9. The van der Waals surface area contributed by atoms with Crippen LogP contribution in [0.1, 0.15) is 44.1 Å². The quantitative estimate of drug-likeness (QED) is 0.456. The standard InChI is InChI=1S/C18H22N2O3/c21-15-2-1-11(6-16(15)22)10-19-20-17(23)18-7-12-3-13(8-18)5-14(4-12)9-18/h1-2,6,10,12-14,21-22H,3-5,7-9H2,(H,20,23)/b19-10-. The van der Waals surface area contributed by atoms with Crippen LogP contribution in [0.3, 0.4) is 0 Å². The molecule has 4 aliphatic carbocycles. The number of phenolic OH excluding ortho intramolecular Hbond substituents is 2. The van der Waals surface area contributed by atoms with Gasteiger partial charge in [0.1, 0.15) is 0 Å². The van der Waals surface area contributed by atoms with E-state index in [1.807, 2.05) is 0 Å². The molecule has 4 aliphatic rings. The van der Waals surface area contributed by atoms with Crippen molar-refractivity contribution in [1.82, 2.24) is 5.43 Å². The summed E-state index contributed by atoms with van der Waals surface area (Å²) in [7, 11) is 0. The first kappa shape index (κ1) is 14.5. The van der Waals surface area contributed by atoms with E-state index in [4.69, 9.17) is 0 Å². The van der Waals surface area contributed by atoms with Crippen LogP contribution in [0.2, 0.25) is 0 Å². The summed E-state index contributed by atoms with van der Waals surface area (Å²) in [6.07, 6.45) is 8.46. The van der Waals surface area contributed by atoms with Gasteiger partial charge in [0.05, 0.1) is 11.6 Å². The van der Waals surface area contributed by atoms with Gasteiger partial charge < -0.3 is 10.2 Å². The van der Waals surface area contributed by atoms with Gasteiger partial charge in [0.25, 0.3) is 0 Å². The first-order valence-corrected chi connectivity index (χ1v) is 8.39. The Bertz CT molecular complexity index is 633.